The van der Waals surface area contributed by atoms with Gasteiger partial charge < -0.3 is 19.1 Å². The number of imide groups is 1. The molecule has 0 aromatic carbocycles. The molecular weight excluding hydrogens is 276 g/mol. The van der Waals surface area contributed by atoms with Crippen molar-refractivity contribution < 1.29 is 23.8 Å². The van der Waals surface area contributed by atoms with Gasteiger partial charge in [0.15, 0.2) is 0 Å². The van der Waals surface area contributed by atoms with Crippen LogP contribution in [-0.2, 0) is 19.0 Å². The van der Waals surface area contributed by atoms with Crippen LogP contribution in [0.3, 0.4) is 0 Å². The van der Waals surface area contributed by atoms with E-state index in [1.807, 2.05) is 0 Å². The standard InChI is InChI=1S/C14H24N2O5/c1-19-8-9-21-11-10-20-7-6-16-13(18)15-12(17)14(16)4-2-3-5-14/h2-11H2,1H3,(H,15,17,18). The van der Waals surface area contributed by atoms with E-state index in [1.54, 1.807) is 12.0 Å². The van der Waals surface area contributed by atoms with E-state index < -0.39 is 5.54 Å². The van der Waals surface area contributed by atoms with Gasteiger partial charge in [-0.2, -0.15) is 0 Å². The molecule has 0 aromatic rings. The van der Waals surface area contributed by atoms with E-state index in [9.17, 15) is 9.59 Å². The van der Waals surface area contributed by atoms with Gasteiger partial charge in [0.1, 0.15) is 5.54 Å². The van der Waals surface area contributed by atoms with Gasteiger partial charge >= 0.3 is 6.03 Å². The number of carbonyl (C=O) groups excluding carboxylic acids is 2. The zero-order chi connectivity index (χ0) is 15.1. The predicted octanol–water partition coefficient (Wildman–Crippen LogP) is 0.531. The summed E-state index contributed by atoms with van der Waals surface area (Å²) in [6.45, 7) is 2.94. The summed E-state index contributed by atoms with van der Waals surface area (Å²) in [5, 5.41) is 2.43. The second-order valence-corrected chi connectivity index (χ2v) is 5.37. The SMILES string of the molecule is COCCOCCOCCN1C(=O)NC(=O)C12CCCC2. The summed E-state index contributed by atoms with van der Waals surface area (Å²) in [6.07, 6.45) is 3.49. The summed E-state index contributed by atoms with van der Waals surface area (Å²) >= 11 is 0. The van der Waals surface area contributed by atoms with Gasteiger partial charge in [0.05, 0.1) is 33.0 Å². The Labute approximate surface area is 124 Å². The summed E-state index contributed by atoms with van der Waals surface area (Å²) in [4.78, 5) is 25.5. The molecular formula is C14H24N2O5. The van der Waals surface area contributed by atoms with E-state index in [2.05, 4.69) is 5.32 Å². The number of ether oxygens (including phenoxy) is 3. The van der Waals surface area contributed by atoms with Crippen LogP contribution in [0.15, 0.2) is 0 Å². The number of rotatable bonds is 9. The van der Waals surface area contributed by atoms with Crippen molar-refractivity contribution in [3.8, 4) is 0 Å². The van der Waals surface area contributed by atoms with Gasteiger partial charge in [-0.25, -0.2) is 4.79 Å². The van der Waals surface area contributed by atoms with Gasteiger partial charge in [-0.3, -0.25) is 10.1 Å². The molecule has 120 valence electrons. The Morgan fingerprint density at radius 3 is 2.33 bits per heavy atom. The first-order chi connectivity index (χ1) is 10.2. The van der Waals surface area contributed by atoms with E-state index in [4.69, 9.17) is 14.2 Å². The minimum absolute atomic E-state index is 0.145. The fourth-order valence-corrected chi connectivity index (χ4v) is 2.99. The highest BCUT2D eigenvalue weighted by molar-refractivity contribution is 6.07. The van der Waals surface area contributed by atoms with Crippen LogP contribution in [0.2, 0.25) is 0 Å². The molecule has 1 aliphatic carbocycles. The highest BCUT2D eigenvalue weighted by Crippen LogP contribution is 2.38. The van der Waals surface area contributed by atoms with Crippen molar-refractivity contribution in [2.75, 3.05) is 46.7 Å². The van der Waals surface area contributed by atoms with Crippen molar-refractivity contribution in [2.45, 2.75) is 31.2 Å². The maximum Gasteiger partial charge on any atom is 0.325 e. The number of methoxy groups -OCH3 is 1. The Balaban J connectivity index is 1.67. The molecule has 1 spiro atoms. The maximum absolute atomic E-state index is 12.0. The fourth-order valence-electron chi connectivity index (χ4n) is 2.99. The first kappa shape index (κ1) is 16.2. The first-order valence-corrected chi connectivity index (χ1v) is 7.48. The molecule has 2 fully saturated rings. The second-order valence-electron chi connectivity index (χ2n) is 5.37. The molecule has 0 unspecified atom stereocenters. The lowest BCUT2D eigenvalue weighted by atomic mass is 9.96. The lowest BCUT2D eigenvalue weighted by Gasteiger charge is -2.31. The molecule has 0 atom stereocenters. The summed E-state index contributed by atoms with van der Waals surface area (Å²) in [5.41, 5.74) is -0.616. The van der Waals surface area contributed by atoms with Crippen molar-refractivity contribution in [3.63, 3.8) is 0 Å². The van der Waals surface area contributed by atoms with Crippen molar-refractivity contribution in [1.29, 1.82) is 0 Å². The average molecular weight is 300 g/mol. The Morgan fingerprint density at radius 2 is 1.67 bits per heavy atom. The van der Waals surface area contributed by atoms with Gasteiger partial charge in [-0.15, -0.1) is 0 Å². The number of nitrogens with zero attached hydrogens (tertiary/aromatic N) is 1. The van der Waals surface area contributed by atoms with Gasteiger partial charge in [0, 0.05) is 13.7 Å². The monoisotopic (exact) mass is 300 g/mol. The highest BCUT2D eigenvalue weighted by Gasteiger charge is 2.53. The Morgan fingerprint density at radius 1 is 1.05 bits per heavy atom. The number of hydrogen-bond donors (Lipinski definition) is 1. The minimum Gasteiger partial charge on any atom is -0.382 e. The summed E-state index contributed by atoms with van der Waals surface area (Å²) < 4.78 is 15.6. The number of hydrogen-bond acceptors (Lipinski definition) is 5. The van der Waals surface area contributed by atoms with Crippen LogP contribution in [0.4, 0.5) is 4.79 Å². The van der Waals surface area contributed by atoms with Gasteiger partial charge in [0.2, 0.25) is 0 Å². The molecule has 21 heavy (non-hydrogen) atoms. The lowest BCUT2D eigenvalue weighted by Crippen LogP contribution is -2.48. The van der Waals surface area contributed by atoms with Gasteiger partial charge in [-0.1, -0.05) is 12.8 Å². The number of nitrogens with one attached hydrogen (secondary N) is 1. The molecule has 2 aliphatic rings. The largest absolute Gasteiger partial charge is 0.382 e. The van der Waals surface area contributed by atoms with Crippen LogP contribution in [0.25, 0.3) is 0 Å². The van der Waals surface area contributed by atoms with E-state index in [0.717, 1.165) is 25.7 Å². The van der Waals surface area contributed by atoms with E-state index in [-0.39, 0.29) is 11.9 Å². The molecule has 3 amide bonds. The molecule has 1 N–H and O–H groups in total. The predicted molar refractivity (Wildman–Crippen MR) is 75.0 cm³/mol. The third-order valence-electron chi connectivity index (χ3n) is 4.10. The molecule has 1 heterocycles. The van der Waals surface area contributed by atoms with Crippen LogP contribution < -0.4 is 5.32 Å². The molecule has 7 nitrogen and oxygen atoms in total. The van der Waals surface area contributed by atoms with E-state index in [1.165, 1.54) is 0 Å². The minimum atomic E-state index is -0.616. The quantitative estimate of drug-likeness (QED) is 0.496. The van der Waals surface area contributed by atoms with Crippen LogP contribution in [0.5, 0.6) is 0 Å². The van der Waals surface area contributed by atoms with Crippen LogP contribution in [0, 0.1) is 0 Å². The van der Waals surface area contributed by atoms with E-state index in [0.29, 0.717) is 39.6 Å². The van der Waals surface area contributed by atoms with Crippen molar-refractivity contribution in [3.05, 3.63) is 0 Å². The molecule has 0 aromatic heterocycles. The number of amides is 3. The van der Waals surface area contributed by atoms with Crippen LogP contribution in [-0.4, -0.2) is 69.1 Å². The number of carbonyl (C=O) groups is 2. The normalized spacial score (nSPS) is 20.5. The maximum atomic E-state index is 12.0. The van der Waals surface area contributed by atoms with Gasteiger partial charge in [-0.05, 0) is 12.8 Å². The summed E-state index contributed by atoms with van der Waals surface area (Å²) in [7, 11) is 1.63. The first-order valence-electron chi connectivity index (χ1n) is 7.48. The average Bonchev–Trinajstić information content (AvgIpc) is 3.03. The lowest BCUT2D eigenvalue weighted by molar-refractivity contribution is -0.126. The zero-order valence-electron chi connectivity index (χ0n) is 12.6. The molecule has 7 heteroatoms. The smallest absolute Gasteiger partial charge is 0.325 e. The highest BCUT2D eigenvalue weighted by atomic mass is 16.5. The zero-order valence-corrected chi connectivity index (χ0v) is 12.6. The molecule has 1 aliphatic heterocycles. The molecule has 1 saturated carbocycles. The molecule has 2 rings (SSSR count). The Hall–Kier alpha value is -1.18. The molecule has 0 bridgehead atoms. The Bertz CT molecular complexity index is 368. The molecule has 0 radical (unpaired) electrons. The van der Waals surface area contributed by atoms with Crippen LogP contribution >= 0.6 is 0 Å². The third-order valence-corrected chi connectivity index (χ3v) is 4.10. The summed E-state index contributed by atoms with van der Waals surface area (Å²) in [5.74, 6) is -0.145. The third kappa shape index (κ3) is 3.72. The van der Waals surface area contributed by atoms with Crippen LogP contribution in [0.1, 0.15) is 25.7 Å². The number of urea groups is 1. The summed E-state index contributed by atoms with van der Waals surface area (Å²) in [6, 6.07) is -0.290. The Kier molecular flexibility index (Phi) is 5.96. The van der Waals surface area contributed by atoms with Crippen molar-refractivity contribution >= 4 is 11.9 Å². The van der Waals surface area contributed by atoms with E-state index >= 15 is 0 Å². The van der Waals surface area contributed by atoms with Crippen molar-refractivity contribution in [1.82, 2.24) is 10.2 Å². The topological polar surface area (TPSA) is 77.1 Å². The molecule has 1 saturated heterocycles. The second kappa shape index (κ2) is 7.72. The van der Waals surface area contributed by atoms with Gasteiger partial charge in [0.25, 0.3) is 5.91 Å². The van der Waals surface area contributed by atoms with Crippen molar-refractivity contribution in [2.24, 2.45) is 0 Å². The fraction of sp³-hybridized carbons (Fsp3) is 0.857.